The molecule has 10 rings (SSSR count). The normalized spacial score (nSPS) is 12.1. The summed E-state index contributed by atoms with van der Waals surface area (Å²) in [5.74, 6) is 0. The number of hydrogen-bond acceptors (Lipinski definition) is 2. The van der Waals surface area contributed by atoms with Gasteiger partial charge in [-0.3, -0.25) is 4.98 Å². The summed E-state index contributed by atoms with van der Waals surface area (Å²) in [4.78, 5) is 10.1. The molecule has 0 unspecified atom stereocenters. The first-order valence-corrected chi connectivity index (χ1v) is 15.1. The van der Waals surface area contributed by atoms with Gasteiger partial charge in [0.25, 0.3) is 0 Å². The van der Waals surface area contributed by atoms with Gasteiger partial charge in [-0.15, -0.1) is 0 Å². The van der Waals surface area contributed by atoms with Gasteiger partial charge in [-0.25, -0.2) is 4.98 Å². The lowest BCUT2D eigenvalue weighted by atomic mass is 9.90. The average Bonchev–Trinajstić information content (AvgIpc) is 3.10. The molecule has 0 spiro atoms. The standard InChI is InChI=1S/C42H24N2/c1-3-13-34-32(11-1)33-12-2-4-14-35(33)42-40(34)37-24-43-20-19-36(37)41(44-42)30-10-6-9-27(21-30)31-22-28-17-15-25-7-5-8-26-16-18-29(23-31)39(28)38(25)26/h1-24H. The van der Waals surface area contributed by atoms with Gasteiger partial charge in [-0.05, 0) is 83.9 Å². The molecule has 0 fully saturated rings. The molecule has 0 atom stereocenters. The van der Waals surface area contributed by atoms with E-state index in [9.17, 15) is 0 Å². The Labute approximate surface area is 253 Å². The van der Waals surface area contributed by atoms with Gasteiger partial charge >= 0.3 is 0 Å². The van der Waals surface area contributed by atoms with Crippen molar-refractivity contribution in [2.24, 2.45) is 0 Å². The van der Waals surface area contributed by atoms with E-state index in [4.69, 9.17) is 4.98 Å². The Morgan fingerprint density at radius 2 is 0.977 bits per heavy atom. The lowest BCUT2D eigenvalue weighted by Gasteiger charge is -2.16. The summed E-state index contributed by atoms with van der Waals surface area (Å²) in [6.07, 6.45) is 3.89. The molecule has 0 aliphatic rings. The molecule has 0 saturated heterocycles. The van der Waals surface area contributed by atoms with E-state index in [1.54, 1.807) is 0 Å². The van der Waals surface area contributed by atoms with Crippen molar-refractivity contribution < 1.29 is 0 Å². The van der Waals surface area contributed by atoms with Crippen LogP contribution in [0.3, 0.4) is 0 Å². The van der Waals surface area contributed by atoms with E-state index in [1.165, 1.54) is 59.6 Å². The van der Waals surface area contributed by atoms with Crippen molar-refractivity contribution in [3.63, 3.8) is 0 Å². The highest BCUT2D eigenvalue weighted by Gasteiger charge is 2.17. The largest absolute Gasteiger partial charge is 0.264 e. The summed E-state index contributed by atoms with van der Waals surface area (Å²) in [5.41, 5.74) is 5.49. The molecule has 0 aliphatic heterocycles. The van der Waals surface area contributed by atoms with Gasteiger partial charge in [0.15, 0.2) is 0 Å². The first-order chi connectivity index (χ1) is 21.8. The third-order valence-corrected chi connectivity index (χ3v) is 9.41. The Hall–Kier alpha value is -5.86. The van der Waals surface area contributed by atoms with Gasteiger partial charge in [0.2, 0.25) is 0 Å². The fraction of sp³-hybridized carbons (Fsp3) is 0. The Morgan fingerprint density at radius 3 is 1.75 bits per heavy atom. The fourth-order valence-electron chi connectivity index (χ4n) is 7.47. The summed E-state index contributed by atoms with van der Waals surface area (Å²) in [7, 11) is 0. The second kappa shape index (κ2) is 8.82. The maximum absolute atomic E-state index is 5.47. The van der Waals surface area contributed by atoms with E-state index < -0.39 is 0 Å². The summed E-state index contributed by atoms with van der Waals surface area (Å²) in [6.45, 7) is 0. The average molecular weight is 557 g/mol. The molecule has 0 N–H and O–H groups in total. The number of nitrogens with zero attached hydrogens (tertiary/aromatic N) is 2. The van der Waals surface area contributed by atoms with Crippen molar-refractivity contribution >= 4 is 75.5 Å². The van der Waals surface area contributed by atoms with Crippen molar-refractivity contribution in [3.05, 3.63) is 146 Å². The summed E-state index contributed by atoms with van der Waals surface area (Å²) in [5, 5.41) is 16.1. The third-order valence-electron chi connectivity index (χ3n) is 9.41. The molecular weight excluding hydrogens is 532 g/mol. The van der Waals surface area contributed by atoms with Crippen LogP contribution >= 0.6 is 0 Å². The second-order valence-corrected chi connectivity index (χ2v) is 11.8. The van der Waals surface area contributed by atoms with Crippen molar-refractivity contribution in [2.75, 3.05) is 0 Å². The van der Waals surface area contributed by atoms with Crippen LogP contribution in [0.25, 0.3) is 97.9 Å². The van der Waals surface area contributed by atoms with Crippen LogP contribution in [-0.2, 0) is 0 Å². The Balaban J connectivity index is 1.24. The van der Waals surface area contributed by atoms with E-state index in [2.05, 4.69) is 138 Å². The second-order valence-electron chi connectivity index (χ2n) is 11.8. The summed E-state index contributed by atoms with van der Waals surface area (Å²) < 4.78 is 0. The molecular formula is C42H24N2. The lowest BCUT2D eigenvalue weighted by Crippen LogP contribution is -1.93. The maximum atomic E-state index is 5.47. The molecule has 202 valence electrons. The summed E-state index contributed by atoms with van der Waals surface area (Å²) in [6, 6.07) is 48.5. The first-order valence-electron chi connectivity index (χ1n) is 15.1. The molecule has 0 saturated carbocycles. The Morgan fingerprint density at radius 1 is 0.364 bits per heavy atom. The fourth-order valence-corrected chi connectivity index (χ4v) is 7.47. The van der Waals surface area contributed by atoms with E-state index in [1.807, 2.05) is 12.4 Å². The van der Waals surface area contributed by atoms with Gasteiger partial charge < -0.3 is 0 Å². The zero-order valence-electron chi connectivity index (χ0n) is 23.8. The molecule has 2 aromatic heterocycles. The van der Waals surface area contributed by atoms with Gasteiger partial charge in [0.1, 0.15) is 0 Å². The van der Waals surface area contributed by atoms with Gasteiger partial charge in [0.05, 0.1) is 11.2 Å². The molecule has 44 heavy (non-hydrogen) atoms. The minimum Gasteiger partial charge on any atom is -0.264 e. The van der Waals surface area contributed by atoms with Crippen LogP contribution in [0.5, 0.6) is 0 Å². The Bertz CT molecular complexity index is 2710. The van der Waals surface area contributed by atoms with E-state index >= 15 is 0 Å². The highest BCUT2D eigenvalue weighted by atomic mass is 14.7. The van der Waals surface area contributed by atoms with Crippen LogP contribution in [-0.4, -0.2) is 9.97 Å². The maximum Gasteiger partial charge on any atom is 0.0801 e. The zero-order chi connectivity index (χ0) is 28.8. The van der Waals surface area contributed by atoms with E-state index in [0.717, 1.165) is 38.3 Å². The molecule has 2 nitrogen and oxygen atoms in total. The number of aromatic nitrogens is 2. The Kier molecular flexibility index (Phi) is 4.75. The molecule has 0 bridgehead atoms. The van der Waals surface area contributed by atoms with Crippen LogP contribution in [0, 0.1) is 0 Å². The van der Waals surface area contributed by atoms with Crippen LogP contribution in [0.15, 0.2) is 146 Å². The van der Waals surface area contributed by atoms with Crippen LogP contribution in [0.2, 0.25) is 0 Å². The number of hydrogen-bond donors (Lipinski definition) is 0. The minimum atomic E-state index is 0.981. The van der Waals surface area contributed by atoms with E-state index in [0.29, 0.717) is 0 Å². The van der Waals surface area contributed by atoms with E-state index in [-0.39, 0.29) is 0 Å². The molecule has 0 radical (unpaired) electrons. The smallest absolute Gasteiger partial charge is 0.0801 e. The zero-order valence-corrected chi connectivity index (χ0v) is 23.8. The SMILES string of the molecule is c1cc(-c2cc3ccc4cccc5ccc(c2)c3c45)cc(-c2nc3c4ccccc4c4ccccc4c3c3cnccc23)c1. The first kappa shape index (κ1) is 23.7. The number of benzene rings is 8. The number of rotatable bonds is 2. The highest BCUT2D eigenvalue weighted by Crippen LogP contribution is 2.42. The topological polar surface area (TPSA) is 25.8 Å². The van der Waals surface area contributed by atoms with Crippen molar-refractivity contribution in [3.8, 4) is 22.4 Å². The van der Waals surface area contributed by atoms with Gasteiger partial charge in [0, 0.05) is 39.5 Å². The predicted octanol–water partition coefficient (Wildman–Crippen LogP) is 11.3. The molecule has 0 amide bonds. The minimum absolute atomic E-state index is 0.981. The van der Waals surface area contributed by atoms with Crippen LogP contribution < -0.4 is 0 Å². The van der Waals surface area contributed by atoms with Crippen molar-refractivity contribution in [1.82, 2.24) is 9.97 Å². The number of pyridine rings is 2. The third kappa shape index (κ3) is 3.25. The summed E-state index contributed by atoms with van der Waals surface area (Å²) >= 11 is 0. The van der Waals surface area contributed by atoms with Gasteiger partial charge in [-0.1, -0.05) is 109 Å². The monoisotopic (exact) mass is 556 g/mol. The number of fused-ring (bicyclic) bond motifs is 8. The molecule has 2 heterocycles. The molecule has 2 heteroatoms. The molecule has 10 aromatic rings. The van der Waals surface area contributed by atoms with Crippen molar-refractivity contribution in [1.29, 1.82) is 0 Å². The quantitative estimate of drug-likeness (QED) is 0.198. The predicted molar refractivity (Wildman–Crippen MR) is 187 cm³/mol. The van der Waals surface area contributed by atoms with Crippen molar-refractivity contribution in [2.45, 2.75) is 0 Å². The van der Waals surface area contributed by atoms with Crippen LogP contribution in [0.1, 0.15) is 0 Å². The lowest BCUT2D eigenvalue weighted by molar-refractivity contribution is 1.36. The van der Waals surface area contributed by atoms with Crippen LogP contribution in [0.4, 0.5) is 0 Å². The van der Waals surface area contributed by atoms with Gasteiger partial charge in [-0.2, -0.15) is 0 Å². The highest BCUT2D eigenvalue weighted by molar-refractivity contribution is 6.31. The molecule has 0 aliphatic carbocycles. The molecule has 8 aromatic carbocycles.